The van der Waals surface area contributed by atoms with E-state index in [0.717, 1.165) is 36.8 Å². The molecule has 37 heavy (non-hydrogen) atoms. The Kier molecular flexibility index (Phi) is 8.47. The topological polar surface area (TPSA) is 106 Å². The first kappa shape index (κ1) is 27.0. The number of rotatable bonds is 11. The van der Waals surface area contributed by atoms with E-state index in [9.17, 15) is 14.4 Å². The summed E-state index contributed by atoms with van der Waals surface area (Å²) in [5, 5.41) is 6.11. The molecule has 2 fully saturated rings. The third kappa shape index (κ3) is 6.29. The van der Waals surface area contributed by atoms with Crippen LogP contribution in [0.2, 0.25) is 0 Å². The molecule has 2 aromatic rings. The van der Waals surface area contributed by atoms with Crippen molar-refractivity contribution in [2.24, 2.45) is 0 Å². The number of amides is 1. The summed E-state index contributed by atoms with van der Waals surface area (Å²) in [6.45, 7) is 5.07. The molecule has 10 heteroatoms. The van der Waals surface area contributed by atoms with Crippen molar-refractivity contribution in [3.05, 3.63) is 71.8 Å². The van der Waals surface area contributed by atoms with E-state index in [4.69, 9.17) is 13.6 Å². The molecule has 2 aliphatic rings. The Morgan fingerprint density at radius 1 is 0.811 bits per heavy atom. The van der Waals surface area contributed by atoms with Crippen LogP contribution in [0, 0.1) is 0 Å². The molecule has 200 valence electrons. The number of carbonyl (C=O) groups excluding carboxylic acids is 3. The van der Waals surface area contributed by atoms with Gasteiger partial charge in [-0.2, -0.15) is 0 Å². The fraction of sp³-hybridized carbons (Fsp3) is 0.444. The van der Waals surface area contributed by atoms with E-state index < -0.39 is 37.7 Å². The molecule has 0 radical (unpaired) electrons. The molecular formula is C27H36N3O6P. The molecule has 0 unspecified atom stereocenters. The Labute approximate surface area is 218 Å². The van der Waals surface area contributed by atoms with E-state index >= 15 is 0 Å². The minimum absolute atomic E-state index is 0.285. The first-order valence-electron chi connectivity index (χ1n) is 13.0. The van der Waals surface area contributed by atoms with Gasteiger partial charge in [-0.1, -0.05) is 0 Å². The summed E-state index contributed by atoms with van der Waals surface area (Å²) < 4.78 is 17.6. The van der Waals surface area contributed by atoms with Crippen LogP contribution < -0.4 is 10.2 Å². The SMILES string of the molecule is CCCCN(CCCC)C(=O)OP12(N[C@@H](Cc3ccccc3)C(=O)O1)N[C@@H](Cc1ccccc1)C(=O)O2. The quantitative estimate of drug-likeness (QED) is 0.405. The van der Waals surface area contributed by atoms with Crippen molar-refractivity contribution in [2.75, 3.05) is 13.1 Å². The number of hydrogen-bond donors (Lipinski definition) is 2. The van der Waals surface area contributed by atoms with Crippen molar-refractivity contribution in [1.82, 2.24) is 15.1 Å². The Morgan fingerprint density at radius 2 is 1.24 bits per heavy atom. The van der Waals surface area contributed by atoms with Gasteiger partial charge in [-0.25, -0.2) is 0 Å². The molecule has 0 aromatic heterocycles. The molecule has 0 bridgehead atoms. The fourth-order valence-electron chi connectivity index (χ4n) is 4.50. The third-order valence-electron chi connectivity index (χ3n) is 6.47. The second kappa shape index (κ2) is 11.6. The standard InChI is InChI=1S/C27H36N3O6P/c1-3-5-17-30(18-6-4-2)27(33)36-37(28-23(25(31)34-37)19-21-13-9-7-10-14-21)29-24(26(32)35-37)20-22-15-11-8-12-16-22/h7-16,23-24,28-29H,3-6,17-20H2,1-2H3/t23-,24-/m0/s1. The van der Waals surface area contributed by atoms with Gasteiger partial charge in [0.1, 0.15) is 0 Å². The van der Waals surface area contributed by atoms with Crippen molar-refractivity contribution in [2.45, 2.75) is 64.5 Å². The van der Waals surface area contributed by atoms with Crippen LogP contribution in [0.3, 0.4) is 0 Å². The third-order valence-corrected chi connectivity index (χ3v) is 9.49. The van der Waals surface area contributed by atoms with E-state index in [1.807, 2.05) is 74.5 Å². The van der Waals surface area contributed by atoms with Gasteiger partial charge in [-0.05, 0) is 0 Å². The summed E-state index contributed by atoms with van der Waals surface area (Å²) in [6.07, 6.45) is 3.28. The monoisotopic (exact) mass is 529 g/mol. The van der Waals surface area contributed by atoms with E-state index in [0.29, 0.717) is 13.1 Å². The van der Waals surface area contributed by atoms with Crippen molar-refractivity contribution >= 4 is 25.6 Å². The summed E-state index contributed by atoms with van der Waals surface area (Å²) in [5.41, 5.74) is 1.78. The Bertz CT molecular complexity index is 1020. The zero-order valence-corrected chi connectivity index (χ0v) is 22.3. The van der Waals surface area contributed by atoms with Gasteiger partial charge in [0.25, 0.3) is 0 Å². The van der Waals surface area contributed by atoms with Gasteiger partial charge < -0.3 is 0 Å². The van der Waals surface area contributed by atoms with Gasteiger partial charge in [0.2, 0.25) is 0 Å². The molecule has 2 saturated heterocycles. The van der Waals surface area contributed by atoms with E-state index in [1.54, 1.807) is 4.90 Å². The average molecular weight is 530 g/mol. The number of nitrogens with one attached hydrogen (secondary N) is 2. The van der Waals surface area contributed by atoms with Crippen LogP contribution in [-0.4, -0.2) is 48.1 Å². The van der Waals surface area contributed by atoms with E-state index in [-0.39, 0.29) is 12.8 Å². The number of carbonyl (C=O) groups is 3. The van der Waals surface area contributed by atoms with Crippen molar-refractivity contribution in [3.8, 4) is 0 Å². The number of benzene rings is 2. The average Bonchev–Trinajstić information content (AvgIpc) is 3.30. The summed E-state index contributed by atoms with van der Waals surface area (Å²) in [5.74, 6) is -1.27. The Morgan fingerprint density at radius 3 is 1.65 bits per heavy atom. The van der Waals surface area contributed by atoms with Crippen LogP contribution in [0.5, 0.6) is 0 Å². The molecule has 2 aromatic carbocycles. The first-order valence-corrected chi connectivity index (χ1v) is 15.0. The predicted molar refractivity (Wildman–Crippen MR) is 141 cm³/mol. The Hall–Kier alpha value is -3.00. The molecular weight excluding hydrogens is 493 g/mol. The molecule has 2 N–H and O–H groups in total. The second-order valence-corrected chi connectivity index (χ2v) is 12.3. The molecule has 2 aliphatic heterocycles. The van der Waals surface area contributed by atoms with E-state index in [1.165, 1.54) is 0 Å². The Balaban J connectivity index is 1.62. The van der Waals surface area contributed by atoms with Crippen molar-refractivity contribution in [1.29, 1.82) is 0 Å². The van der Waals surface area contributed by atoms with Crippen LogP contribution >= 0.6 is 7.59 Å². The van der Waals surface area contributed by atoms with Gasteiger partial charge in [0.05, 0.1) is 0 Å². The number of unbranched alkanes of at least 4 members (excludes halogenated alkanes) is 2. The summed E-state index contributed by atoms with van der Waals surface area (Å²) >= 11 is 0. The summed E-state index contributed by atoms with van der Waals surface area (Å²) in [4.78, 5) is 41.3. The number of nitrogens with zero attached hydrogens (tertiary/aromatic N) is 1. The van der Waals surface area contributed by atoms with Crippen LogP contribution in [0.25, 0.3) is 0 Å². The molecule has 1 spiro atoms. The summed E-state index contributed by atoms with van der Waals surface area (Å²) in [6, 6.07) is 17.1. The molecule has 2 atom stereocenters. The molecule has 9 nitrogen and oxygen atoms in total. The minimum atomic E-state index is -4.88. The van der Waals surface area contributed by atoms with E-state index in [2.05, 4.69) is 10.2 Å². The maximum atomic E-state index is 13.5. The van der Waals surface area contributed by atoms with Gasteiger partial charge in [-0.15, -0.1) is 0 Å². The molecule has 4 rings (SSSR count). The van der Waals surface area contributed by atoms with Gasteiger partial charge >= 0.3 is 218 Å². The number of hydrogen-bond acceptors (Lipinski definition) is 8. The van der Waals surface area contributed by atoms with Gasteiger partial charge in [-0.3, -0.25) is 0 Å². The maximum absolute atomic E-state index is 13.5. The van der Waals surface area contributed by atoms with Crippen LogP contribution in [0.4, 0.5) is 4.79 Å². The predicted octanol–water partition coefficient (Wildman–Crippen LogP) is 4.67. The van der Waals surface area contributed by atoms with Crippen LogP contribution in [-0.2, 0) is 36.0 Å². The molecule has 0 aliphatic carbocycles. The van der Waals surface area contributed by atoms with Gasteiger partial charge in [0, 0.05) is 0 Å². The van der Waals surface area contributed by atoms with Crippen molar-refractivity contribution in [3.63, 3.8) is 0 Å². The zero-order valence-electron chi connectivity index (χ0n) is 21.4. The van der Waals surface area contributed by atoms with Crippen molar-refractivity contribution < 1.29 is 28.0 Å². The molecule has 2 heterocycles. The van der Waals surface area contributed by atoms with Gasteiger partial charge in [0.15, 0.2) is 0 Å². The van der Waals surface area contributed by atoms with Crippen LogP contribution in [0.1, 0.15) is 50.7 Å². The molecule has 1 amide bonds. The molecule has 0 saturated carbocycles. The summed E-state index contributed by atoms with van der Waals surface area (Å²) in [7, 11) is -4.88. The second-order valence-electron chi connectivity index (χ2n) is 9.50. The zero-order chi connectivity index (χ0) is 26.3. The normalized spacial score (nSPS) is 22.6. The fourth-order valence-corrected chi connectivity index (χ4v) is 7.78. The van der Waals surface area contributed by atoms with Crippen LogP contribution in [0.15, 0.2) is 60.7 Å². The first-order chi connectivity index (χ1) is 17.9.